The molecule has 2 atom stereocenters. The quantitative estimate of drug-likeness (QED) is 0.876. The lowest BCUT2D eigenvalue weighted by Crippen LogP contribution is -2.36. The molecule has 1 saturated carbocycles. The fraction of sp³-hybridized carbons (Fsp3) is 0.643. The summed E-state index contributed by atoms with van der Waals surface area (Å²) < 4.78 is 2.47. The van der Waals surface area contributed by atoms with Crippen molar-refractivity contribution in [2.45, 2.75) is 26.2 Å². The number of rotatable bonds is 3. The molecule has 1 aliphatic rings. The fourth-order valence-electron chi connectivity index (χ4n) is 3.16. The Labute approximate surface area is 122 Å². The minimum atomic E-state index is -0.366. The van der Waals surface area contributed by atoms with Crippen LogP contribution >= 0.6 is 0 Å². The summed E-state index contributed by atoms with van der Waals surface area (Å²) in [5.74, 6) is 2.00. The van der Waals surface area contributed by atoms with E-state index in [0.717, 1.165) is 17.0 Å². The Morgan fingerprint density at radius 1 is 1.29 bits per heavy atom. The van der Waals surface area contributed by atoms with Gasteiger partial charge in [-0.1, -0.05) is 13.3 Å². The number of hydrogen-bond acceptors (Lipinski definition) is 4. The third-order valence-electron chi connectivity index (χ3n) is 4.46. The van der Waals surface area contributed by atoms with E-state index in [2.05, 4.69) is 22.2 Å². The summed E-state index contributed by atoms with van der Waals surface area (Å²) >= 11 is 0. The summed E-state index contributed by atoms with van der Waals surface area (Å²) in [7, 11) is 3.09. The summed E-state index contributed by atoms with van der Waals surface area (Å²) in [4.78, 5) is 31.3. The van der Waals surface area contributed by atoms with E-state index in [-0.39, 0.29) is 11.2 Å². The van der Waals surface area contributed by atoms with Gasteiger partial charge < -0.3 is 10.3 Å². The summed E-state index contributed by atoms with van der Waals surface area (Å²) in [6.45, 7) is 3.12. The highest BCUT2D eigenvalue weighted by atomic mass is 16.2. The van der Waals surface area contributed by atoms with Crippen LogP contribution in [-0.2, 0) is 14.1 Å². The summed E-state index contributed by atoms with van der Waals surface area (Å²) in [5.41, 5.74) is 0.0468. The maximum Gasteiger partial charge on any atom is 0.332 e. The number of nitrogens with zero attached hydrogens (tertiary/aromatic N) is 3. The van der Waals surface area contributed by atoms with Crippen LogP contribution in [0.3, 0.4) is 0 Å². The summed E-state index contributed by atoms with van der Waals surface area (Å²) in [6, 6.07) is 0. The Balaban J connectivity index is 1.88. The molecule has 2 aromatic rings. The number of hydrogen-bond donors (Lipinski definition) is 2. The van der Waals surface area contributed by atoms with Crippen molar-refractivity contribution in [1.82, 2.24) is 19.1 Å². The SMILES string of the molecule is CC1CCC(CNc2nc3c([nH]2)c(=O)n(C)c(=O)n3C)C1. The van der Waals surface area contributed by atoms with Crippen molar-refractivity contribution < 1.29 is 0 Å². The first-order chi connectivity index (χ1) is 9.97. The fourth-order valence-corrected chi connectivity index (χ4v) is 3.16. The lowest BCUT2D eigenvalue weighted by molar-refractivity contribution is 0.536. The van der Waals surface area contributed by atoms with Gasteiger partial charge in [0.25, 0.3) is 5.56 Å². The van der Waals surface area contributed by atoms with Gasteiger partial charge in [0.05, 0.1) is 0 Å². The van der Waals surface area contributed by atoms with Gasteiger partial charge in [-0.2, -0.15) is 4.98 Å². The van der Waals surface area contributed by atoms with Gasteiger partial charge in [-0.05, 0) is 24.7 Å². The monoisotopic (exact) mass is 291 g/mol. The van der Waals surface area contributed by atoms with E-state index in [9.17, 15) is 9.59 Å². The van der Waals surface area contributed by atoms with Gasteiger partial charge in [-0.25, -0.2) is 4.79 Å². The molecule has 0 spiro atoms. The van der Waals surface area contributed by atoms with E-state index in [0.29, 0.717) is 23.0 Å². The molecule has 0 amide bonds. The molecule has 0 aliphatic heterocycles. The van der Waals surface area contributed by atoms with E-state index >= 15 is 0 Å². The van der Waals surface area contributed by atoms with Crippen molar-refractivity contribution >= 4 is 17.1 Å². The van der Waals surface area contributed by atoms with Crippen molar-refractivity contribution in [2.24, 2.45) is 25.9 Å². The highest BCUT2D eigenvalue weighted by molar-refractivity contribution is 5.72. The van der Waals surface area contributed by atoms with Crippen LogP contribution in [-0.4, -0.2) is 25.6 Å². The number of aryl methyl sites for hydroxylation is 1. The van der Waals surface area contributed by atoms with Crippen LogP contribution in [0.5, 0.6) is 0 Å². The molecular formula is C14H21N5O2. The highest BCUT2D eigenvalue weighted by Gasteiger charge is 2.21. The molecule has 7 heteroatoms. The van der Waals surface area contributed by atoms with Gasteiger partial charge in [0.15, 0.2) is 11.2 Å². The Morgan fingerprint density at radius 3 is 2.71 bits per heavy atom. The number of aromatic nitrogens is 4. The molecule has 1 fully saturated rings. The number of anilines is 1. The van der Waals surface area contributed by atoms with E-state index in [1.54, 1.807) is 7.05 Å². The van der Waals surface area contributed by atoms with E-state index in [1.165, 1.54) is 30.9 Å². The molecule has 7 nitrogen and oxygen atoms in total. The predicted octanol–water partition coefficient (Wildman–Crippen LogP) is 0.808. The molecule has 1 aliphatic carbocycles. The van der Waals surface area contributed by atoms with Crippen LogP contribution in [0.2, 0.25) is 0 Å². The van der Waals surface area contributed by atoms with Crippen LogP contribution in [0.25, 0.3) is 11.2 Å². The number of fused-ring (bicyclic) bond motifs is 1. The number of aromatic amines is 1. The van der Waals surface area contributed by atoms with Gasteiger partial charge >= 0.3 is 5.69 Å². The third kappa shape index (κ3) is 2.36. The van der Waals surface area contributed by atoms with Crippen LogP contribution in [0, 0.1) is 11.8 Å². The molecule has 2 unspecified atom stereocenters. The van der Waals surface area contributed by atoms with Crippen molar-refractivity contribution in [2.75, 3.05) is 11.9 Å². The first kappa shape index (κ1) is 13.9. The molecule has 0 bridgehead atoms. The third-order valence-corrected chi connectivity index (χ3v) is 4.46. The molecule has 114 valence electrons. The smallest absolute Gasteiger partial charge is 0.332 e. The number of imidazole rings is 1. The van der Waals surface area contributed by atoms with Crippen molar-refractivity contribution in [3.8, 4) is 0 Å². The van der Waals surface area contributed by atoms with Gasteiger partial charge in [-0.3, -0.25) is 13.9 Å². The molecule has 0 radical (unpaired) electrons. The summed E-state index contributed by atoms with van der Waals surface area (Å²) in [6.07, 6.45) is 3.74. The lowest BCUT2D eigenvalue weighted by atomic mass is 10.1. The largest absolute Gasteiger partial charge is 0.355 e. The number of nitrogens with one attached hydrogen (secondary N) is 2. The second-order valence-electron chi connectivity index (χ2n) is 6.15. The van der Waals surface area contributed by atoms with Crippen LogP contribution in [0.1, 0.15) is 26.2 Å². The second-order valence-corrected chi connectivity index (χ2v) is 6.15. The Kier molecular flexibility index (Phi) is 3.35. The molecule has 3 rings (SSSR count). The van der Waals surface area contributed by atoms with Gasteiger partial charge in [0, 0.05) is 20.6 Å². The molecule has 2 heterocycles. The zero-order chi connectivity index (χ0) is 15.1. The van der Waals surface area contributed by atoms with E-state index in [1.807, 2.05) is 0 Å². The maximum absolute atomic E-state index is 12.1. The molecule has 0 aromatic carbocycles. The summed E-state index contributed by atoms with van der Waals surface area (Å²) in [5, 5.41) is 3.26. The zero-order valence-corrected chi connectivity index (χ0v) is 12.6. The normalized spacial score (nSPS) is 22.0. The molecular weight excluding hydrogens is 270 g/mol. The Hall–Kier alpha value is -2.05. The van der Waals surface area contributed by atoms with Crippen molar-refractivity contribution in [3.63, 3.8) is 0 Å². The lowest BCUT2D eigenvalue weighted by Gasteiger charge is -2.09. The predicted molar refractivity (Wildman–Crippen MR) is 81.6 cm³/mol. The molecule has 0 saturated heterocycles. The van der Waals surface area contributed by atoms with Crippen LogP contribution < -0.4 is 16.6 Å². The van der Waals surface area contributed by atoms with E-state index in [4.69, 9.17) is 0 Å². The molecule has 2 N–H and O–H groups in total. The minimum absolute atomic E-state index is 0.344. The topological polar surface area (TPSA) is 84.7 Å². The average molecular weight is 291 g/mol. The maximum atomic E-state index is 12.1. The van der Waals surface area contributed by atoms with E-state index < -0.39 is 0 Å². The zero-order valence-electron chi connectivity index (χ0n) is 12.6. The first-order valence-corrected chi connectivity index (χ1v) is 7.37. The molecule has 2 aromatic heterocycles. The van der Waals surface area contributed by atoms with Crippen LogP contribution in [0.4, 0.5) is 5.95 Å². The van der Waals surface area contributed by atoms with Crippen LogP contribution in [0.15, 0.2) is 9.59 Å². The van der Waals surface area contributed by atoms with Gasteiger partial charge in [-0.15, -0.1) is 0 Å². The second kappa shape index (κ2) is 5.05. The van der Waals surface area contributed by atoms with Crippen molar-refractivity contribution in [3.05, 3.63) is 20.8 Å². The van der Waals surface area contributed by atoms with Gasteiger partial charge in [0.2, 0.25) is 5.95 Å². The molecule has 21 heavy (non-hydrogen) atoms. The minimum Gasteiger partial charge on any atom is -0.355 e. The average Bonchev–Trinajstić information content (AvgIpc) is 3.07. The number of H-pyrrole nitrogens is 1. The Bertz CT molecular complexity index is 785. The Morgan fingerprint density at radius 2 is 2.05 bits per heavy atom. The first-order valence-electron chi connectivity index (χ1n) is 7.37. The van der Waals surface area contributed by atoms with Crippen molar-refractivity contribution in [1.29, 1.82) is 0 Å². The van der Waals surface area contributed by atoms with Gasteiger partial charge in [0.1, 0.15) is 0 Å². The standard InChI is InChI=1S/C14H21N5O2/c1-8-4-5-9(6-8)7-15-13-16-10-11(17-13)18(2)14(21)19(3)12(10)20/h8-9H,4-7H2,1-3H3,(H2,15,16,17). The highest BCUT2D eigenvalue weighted by Crippen LogP contribution is 2.30.